The summed E-state index contributed by atoms with van der Waals surface area (Å²) in [6.07, 6.45) is -10.3. The lowest BCUT2D eigenvalue weighted by atomic mass is 9.89. The molecule has 3 aliphatic rings. The van der Waals surface area contributed by atoms with E-state index in [-0.39, 0.29) is 0 Å². The highest BCUT2D eigenvalue weighted by molar-refractivity contribution is 6.41. The van der Waals surface area contributed by atoms with Crippen molar-refractivity contribution in [3.63, 3.8) is 0 Å². The molecule has 42 heavy (non-hydrogen) atoms. The van der Waals surface area contributed by atoms with Gasteiger partial charge in [0.2, 0.25) is 0 Å². The third kappa shape index (κ3) is 6.29. The molecule has 3 aromatic carbocycles. The molecule has 0 saturated carbocycles. The van der Waals surface area contributed by atoms with Crippen molar-refractivity contribution in [1.82, 2.24) is 5.32 Å². The van der Waals surface area contributed by atoms with Crippen LogP contribution < -0.4 is 15.5 Å². The van der Waals surface area contributed by atoms with Crippen LogP contribution in [0.5, 0.6) is 0 Å². The van der Waals surface area contributed by atoms with Gasteiger partial charge in [-0.25, -0.2) is 0 Å². The minimum atomic E-state index is -5.77. The van der Waals surface area contributed by atoms with E-state index in [0.717, 1.165) is 37.6 Å². The van der Waals surface area contributed by atoms with E-state index < -0.39 is 23.9 Å². The van der Waals surface area contributed by atoms with Crippen molar-refractivity contribution in [3.05, 3.63) is 77.9 Å². The van der Waals surface area contributed by atoms with E-state index >= 15 is 0 Å². The Morgan fingerprint density at radius 1 is 0.857 bits per heavy atom. The predicted molar refractivity (Wildman–Crippen MR) is 145 cm³/mol. The van der Waals surface area contributed by atoms with E-state index in [1.165, 1.54) is 34.4 Å². The van der Waals surface area contributed by atoms with Crippen LogP contribution in [0.3, 0.4) is 0 Å². The third-order valence-electron chi connectivity index (χ3n) is 7.46. The lowest BCUT2D eigenvalue weighted by Crippen LogP contribution is -2.44. The molecule has 0 aliphatic carbocycles. The quantitative estimate of drug-likeness (QED) is 0.281. The van der Waals surface area contributed by atoms with Gasteiger partial charge in [-0.2, -0.15) is 26.3 Å². The molecule has 222 valence electrons. The van der Waals surface area contributed by atoms with Gasteiger partial charge in [-0.05, 0) is 53.9 Å². The zero-order valence-electron chi connectivity index (χ0n) is 22.2. The molecule has 6 rings (SSSR count). The molecule has 0 radical (unpaired) electrons. The first kappa shape index (κ1) is 29.6. The zero-order valence-corrected chi connectivity index (χ0v) is 22.2. The van der Waals surface area contributed by atoms with Gasteiger partial charge >= 0.3 is 23.9 Å². The van der Waals surface area contributed by atoms with Gasteiger partial charge in [0.15, 0.2) is 0 Å². The molecule has 0 aromatic heterocycles. The second kappa shape index (κ2) is 11.8. The fourth-order valence-electron chi connectivity index (χ4n) is 5.69. The highest BCUT2D eigenvalue weighted by atomic mass is 19.4. The second-order valence-corrected chi connectivity index (χ2v) is 10.2. The number of alkyl halides is 6. The van der Waals surface area contributed by atoms with Gasteiger partial charge < -0.3 is 20.3 Å². The monoisotopic (exact) mass is 591 g/mol. The van der Waals surface area contributed by atoms with Crippen LogP contribution in [0.25, 0.3) is 11.1 Å². The number of hydrogen-bond acceptors (Lipinski definition) is 6. The molecule has 0 bridgehead atoms. The zero-order chi connectivity index (χ0) is 30.1. The number of hydrogen-bond donors (Lipinski definition) is 2. The smallest absolute Gasteiger partial charge is 0.375 e. The van der Waals surface area contributed by atoms with Gasteiger partial charge in [-0.3, -0.25) is 9.59 Å². The first-order valence-electron chi connectivity index (χ1n) is 13.3. The molecule has 0 spiro atoms. The van der Waals surface area contributed by atoms with Gasteiger partial charge in [0, 0.05) is 47.7 Å². The highest BCUT2D eigenvalue weighted by Gasteiger charge is 2.54. The molecule has 12 heteroatoms. The van der Waals surface area contributed by atoms with Crippen LogP contribution >= 0.6 is 0 Å². The van der Waals surface area contributed by atoms with Crippen molar-refractivity contribution in [3.8, 4) is 11.1 Å². The molecule has 6 nitrogen and oxygen atoms in total. The maximum absolute atomic E-state index is 11.2. The number of Topliss-reactive ketones (excluding diaryl/α,β-unsaturated/α-hetero) is 2. The number of ketones is 2. The average Bonchev–Trinajstić information content (AvgIpc) is 3.12. The average molecular weight is 592 g/mol. The lowest BCUT2D eigenvalue weighted by molar-refractivity contribution is -0.193. The van der Waals surface area contributed by atoms with Crippen molar-refractivity contribution in [2.75, 3.05) is 36.5 Å². The van der Waals surface area contributed by atoms with Crippen LogP contribution in [0.1, 0.15) is 23.5 Å². The molecular formula is C30H27F6N3O3. The summed E-state index contributed by atoms with van der Waals surface area (Å²) in [5.74, 6) is -6.24. The maximum Gasteiger partial charge on any atom is 0.458 e. The van der Waals surface area contributed by atoms with Crippen molar-refractivity contribution in [2.45, 2.75) is 37.3 Å². The summed E-state index contributed by atoms with van der Waals surface area (Å²) in [6.45, 7) is 4.70. The minimum Gasteiger partial charge on any atom is -0.375 e. The molecule has 0 unspecified atom stereocenters. The fourth-order valence-corrected chi connectivity index (χ4v) is 5.69. The van der Waals surface area contributed by atoms with E-state index in [1.54, 1.807) is 0 Å². The minimum absolute atomic E-state index is 0.572. The molecule has 1 saturated heterocycles. The predicted octanol–water partition coefficient (Wildman–Crippen LogP) is 6.14. The number of nitrogens with one attached hydrogen (secondary N) is 2. The molecular weight excluding hydrogens is 564 g/mol. The Kier molecular flexibility index (Phi) is 8.29. The van der Waals surface area contributed by atoms with Crippen molar-refractivity contribution >= 4 is 28.6 Å². The number of ether oxygens (including phenoxy) is 1. The Labute approximate surface area is 237 Å². The van der Waals surface area contributed by atoms with Crippen LogP contribution in [0.15, 0.2) is 66.7 Å². The third-order valence-corrected chi connectivity index (χ3v) is 7.46. The molecule has 0 amide bonds. The van der Waals surface area contributed by atoms with Crippen molar-refractivity contribution in [2.24, 2.45) is 0 Å². The first-order valence-corrected chi connectivity index (χ1v) is 13.3. The summed E-state index contributed by atoms with van der Waals surface area (Å²) in [6, 6.07) is 24.5. The van der Waals surface area contributed by atoms with Crippen LogP contribution in [0, 0.1) is 0 Å². The topological polar surface area (TPSA) is 70.7 Å². The Morgan fingerprint density at radius 3 is 2.24 bits per heavy atom. The molecule has 3 heterocycles. The number of rotatable bonds is 4. The number of nitrogens with zero attached hydrogens (tertiary/aromatic N) is 1. The van der Waals surface area contributed by atoms with Crippen molar-refractivity contribution in [1.29, 1.82) is 0 Å². The number of piperidine rings is 1. The normalized spacial score (nSPS) is 19.5. The number of carbonyl (C=O) groups is 2. The van der Waals surface area contributed by atoms with Gasteiger partial charge in [0.1, 0.15) is 0 Å². The summed E-state index contributed by atoms with van der Waals surface area (Å²) >= 11 is 0. The lowest BCUT2D eigenvalue weighted by Gasteiger charge is -2.33. The van der Waals surface area contributed by atoms with E-state index in [9.17, 15) is 35.9 Å². The summed E-state index contributed by atoms with van der Waals surface area (Å²) < 4.78 is 72.9. The van der Waals surface area contributed by atoms with Gasteiger partial charge in [0.25, 0.3) is 0 Å². The maximum atomic E-state index is 11.2. The van der Waals surface area contributed by atoms with Gasteiger partial charge in [-0.1, -0.05) is 42.5 Å². The summed E-state index contributed by atoms with van der Waals surface area (Å²) in [7, 11) is 0. The van der Waals surface area contributed by atoms with Crippen LogP contribution in [-0.4, -0.2) is 56.2 Å². The molecule has 1 fully saturated rings. The molecule has 2 N–H and O–H groups in total. The molecule has 3 aliphatic heterocycles. The van der Waals surface area contributed by atoms with E-state index in [1.807, 2.05) is 0 Å². The number of anilines is 3. The Bertz CT molecular complexity index is 1430. The number of carbonyl (C=O) groups excluding carboxylic acids is 2. The summed E-state index contributed by atoms with van der Waals surface area (Å²) in [4.78, 5) is 21.9. The van der Waals surface area contributed by atoms with E-state index in [4.69, 9.17) is 4.74 Å². The van der Waals surface area contributed by atoms with Gasteiger partial charge in [0.05, 0.1) is 13.2 Å². The fraction of sp³-hybridized carbons (Fsp3) is 0.333. The largest absolute Gasteiger partial charge is 0.458 e. The number of fused-ring (bicyclic) bond motifs is 3. The van der Waals surface area contributed by atoms with E-state index in [0.29, 0.717) is 18.6 Å². The Balaban J connectivity index is 0.000000252. The highest BCUT2D eigenvalue weighted by Crippen LogP contribution is 2.47. The van der Waals surface area contributed by atoms with Crippen LogP contribution in [0.4, 0.5) is 43.4 Å². The van der Waals surface area contributed by atoms with Gasteiger partial charge in [-0.15, -0.1) is 0 Å². The first-order chi connectivity index (χ1) is 19.9. The SMILES string of the molecule is O=C(C(=O)C(F)(F)F)C(F)(F)F.c1ccc(-c2cccc(Nc3cc4c5c(c3)[C@@H]3CNCC[C@@H]3N5CCOC4)c2)cc1. The molecule has 2 atom stereocenters. The standard InChI is InChI=1S/C26H27N3O.C4F6O2/c1-2-5-18(6-3-1)19-7-4-8-21(13-19)28-22-14-20-17-30-12-11-29-25-9-10-27-16-24(25)23(15-22)26(20)29;5-3(6,7)1(11)2(12)4(8,9)10/h1-8,13-15,24-25,27-28H,9-12,16-17H2;/t24-,25-;/m0./s1. The number of benzene rings is 3. The summed E-state index contributed by atoms with van der Waals surface area (Å²) in [5, 5.41) is 7.29. The Morgan fingerprint density at radius 2 is 1.55 bits per heavy atom. The Hall–Kier alpha value is -3.90. The number of halogens is 6. The second-order valence-electron chi connectivity index (χ2n) is 10.2. The van der Waals surface area contributed by atoms with Crippen LogP contribution in [0.2, 0.25) is 0 Å². The van der Waals surface area contributed by atoms with E-state index in [2.05, 4.69) is 82.3 Å². The molecule has 3 aromatic rings. The van der Waals surface area contributed by atoms with Crippen LogP contribution in [-0.2, 0) is 20.9 Å². The van der Waals surface area contributed by atoms with Crippen molar-refractivity contribution < 1.29 is 40.7 Å². The summed E-state index contributed by atoms with van der Waals surface area (Å²) in [5.41, 5.74) is 8.98.